The average Bonchev–Trinajstić information content (AvgIpc) is 2.15. The topological polar surface area (TPSA) is 49.3 Å². The summed E-state index contributed by atoms with van der Waals surface area (Å²) >= 11 is 5.82. The maximum Gasteiger partial charge on any atom is 0.251 e. The quantitative estimate of drug-likeness (QED) is 0.828. The predicted octanol–water partition coefficient (Wildman–Crippen LogP) is 1.90. The smallest absolute Gasteiger partial charge is 0.251 e. The number of amides is 1. The minimum absolute atomic E-state index is 0.0916. The molecule has 1 aliphatic rings. The fraction of sp³-hybridized carbons (Fsp3) is 0.417. The molecule has 1 aliphatic carbocycles. The number of hydrogen-bond acceptors (Lipinski definition) is 2. The number of nitrogens with one attached hydrogen (secondary N) is 1. The van der Waals surface area contributed by atoms with Crippen molar-refractivity contribution in [2.45, 2.75) is 31.9 Å². The van der Waals surface area contributed by atoms with Crippen LogP contribution in [0.2, 0.25) is 5.02 Å². The Labute approximate surface area is 99.4 Å². The molecule has 1 saturated carbocycles. The molecule has 0 heterocycles. The van der Waals surface area contributed by atoms with Crippen molar-refractivity contribution >= 4 is 17.5 Å². The van der Waals surface area contributed by atoms with E-state index in [1.54, 1.807) is 18.2 Å². The molecule has 1 aromatic carbocycles. The highest BCUT2D eigenvalue weighted by Crippen LogP contribution is 2.21. The minimum Gasteiger partial charge on any atom is -0.393 e. The second-order valence-corrected chi connectivity index (χ2v) is 4.69. The first-order valence-corrected chi connectivity index (χ1v) is 5.69. The van der Waals surface area contributed by atoms with Crippen LogP contribution < -0.4 is 5.32 Å². The van der Waals surface area contributed by atoms with Gasteiger partial charge in [-0.1, -0.05) is 11.6 Å². The van der Waals surface area contributed by atoms with E-state index in [4.69, 9.17) is 16.7 Å². The van der Waals surface area contributed by atoms with E-state index >= 15 is 0 Å². The number of carbonyl (C=O) groups is 1. The van der Waals surface area contributed by atoms with E-state index in [1.807, 2.05) is 6.92 Å². The molecule has 0 radical (unpaired) electrons. The van der Waals surface area contributed by atoms with Crippen LogP contribution in [-0.4, -0.2) is 23.2 Å². The molecule has 4 heteroatoms. The summed E-state index contributed by atoms with van der Waals surface area (Å²) in [5.74, 6) is -0.0916. The van der Waals surface area contributed by atoms with Gasteiger partial charge in [-0.2, -0.15) is 0 Å². The molecule has 0 aromatic heterocycles. The van der Waals surface area contributed by atoms with E-state index in [9.17, 15) is 4.79 Å². The number of benzene rings is 1. The Kier molecular flexibility index (Phi) is 3.17. The number of carbonyl (C=O) groups excluding carboxylic acids is 1. The number of aryl methyl sites for hydroxylation is 1. The van der Waals surface area contributed by atoms with Crippen LogP contribution in [0.15, 0.2) is 18.2 Å². The third-order valence-electron chi connectivity index (χ3n) is 2.88. The number of aliphatic hydroxyl groups is 1. The standard InChI is InChI=1S/C12H14ClNO2/c1-7-4-8(13)2-3-11(7)12(16)14-9-5-10(15)6-9/h2-4,9-10,15H,5-6H2,1H3,(H,14,16). The molecule has 0 spiro atoms. The first kappa shape index (κ1) is 11.4. The van der Waals surface area contributed by atoms with Crippen molar-refractivity contribution in [2.75, 3.05) is 0 Å². The molecule has 0 atom stereocenters. The van der Waals surface area contributed by atoms with Crippen LogP contribution in [0.3, 0.4) is 0 Å². The van der Waals surface area contributed by atoms with Crippen molar-refractivity contribution in [3.05, 3.63) is 34.3 Å². The average molecular weight is 240 g/mol. The summed E-state index contributed by atoms with van der Waals surface area (Å²) in [6, 6.07) is 5.31. The van der Waals surface area contributed by atoms with E-state index in [2.05, 4.69) is 5.32 Å². The van der Waals surface area contributed by atoms with Gasteiger partial charge < -0.3 is 10.4 Å². The van der Waals surface area contributed by atoms with Crippen LogP contribution in [0.5, 0.6) is 0 Å². The SMILES string of the molecule is Cc1cc(Cl)ccc1C(=O)NC1CC(O)C1. The number of halogens is 1. The van der Waals surface area contributed by atoms with Gasteiger partial charge in [0.25, 0.3) is 5.91 Å². The molecule has 3 nitrogen and oxygen atoms in total. The zero-order valence-electron chi connectivity index (χ0n) is 9.03. The molecule has 1 aromatic rings. The lowest BCUT2D eigenvalue weighted by atomic mass is 9.89. The highest BCUT2D eigenvalue weighted by molar-refractivity contribution is 6.30. The molecular formula is C12H14ClNO2. The Morgan fingerprint density at radius 2 is 2.19 bits per heavy atom. The van der Waals surface area contributed by atoms with Crippen molar-refractivity contribution in [1.29, 1.82) is 0 Å². The molecule has 0 aliphatic heterocycles. The Morgan fingerprint density at radius 1 is 1.50 bits per heavy atom. The molecule has 86 valence electrons. The lowest BCUT2D eigenvalue weighted by molar-refractivity contribution is 0.0562. The monoisotopic (exact) mass is 239 g/mol. The summed E-state index contributed by atoms with van der Waals surface area (Å²) in [7, 11) is 0. The molecule has 0 bridgehead atoms. The normalized spacial score (nSPS) is 23.7. The number of rotatable bonds is 2. The van der Waals surface area contributed by atoms with Gasteiger partial charge in [0.15, 0.2) is 0 Å². The predicted molar refractivity (Wildman–Crippen MR) is 62.7 cm³/mol. The minimum atomic E-state index is -0.253. The lowest BCUT2D eigenvalue weighted by Gasteiger charge is -2.32. The van der Waals surface area contributed by atoms with Crippen LogP contribution in [0.1, 0.15) is 28.8 Å². The van der Waals surface area contributed by atoms with E-state index < -0.39 is 0 Å². The van der Waals surface area contributed by atoms with Crippen molar-refractivity contribution in [3.8, 4) is 0 Å². The maximum absolute atomic E-state index is 11.9. The summed E-state index contributed by atoms with van der Waals surface area (Å²) < 4.78 is 0. The van der Waals surface area contributed by atoms with Crippen LogP contribution in [-0.2, 0) is 0 Å². The third-order valence-corrected chi connectivity index (χ3v) is 3.12. The van der Waals surface area contributed by atoms with Gasteiger partial charge in [0.2, 0.25) is 0 Å². The fourth-order valence-corrected chi connectivity index (χ4v) is 2.08. The third kappa shape index (κ3) is 2.36. The van der Waals surface area contributed by atoms with Gasteiger partial charge in [-0.15, -0.1) is 0 Å². The molecule has 1 fully saturated rings. The zero-order chi connectivity index (χ0) is 11.7. The molecular weight excluding hydrogens is 226 g/mol. The van der Waals surface area contributed by atoms with Gasteiger partial charge in [0.05, 0.1) is 6.10 Å². The van der Waals surface area contributed by atoms with Crippen molar-refractivity contribution in [3.63, 3.8) is 0 Å². The highest BCUT2D eigenvalue weighted by atomic mass is 35.5. The molecule has 1 amide bonds. The second-order valence-electron chi connectivity index (χ2n) is 4.25. The molecule has 0 unspecified atom stereocenters. The van der Waals surface area contributed by atoms with Gasteiger partial charge in [-0.05, 0) is 43.5 Å². The summed E-state index contributed by atoms with van der Waals surface area (Å²) in [4.78, 5) is 11.9. The zero-order valence-corrected chi connectivity index (χ0v) is 9.79. The lowest BCUT2D eigenvalue weighted by Crippen LogP contribution is -2.46. The van der Waals surface area contributed by atoms with Gasteiger partial charge in [-0.25, -0.2) is 0 Å². The van der Waals surface area contributed by atoms with Gasteiger partial charge in [0, 0.05) is 16.6 Å². The van der Waals surface area contributed by atoms with E-state index in [1.165, 1.54) is 0 Å². The van der Waals surface area contributed by atoms with Crippen molar-refractivity contribution in [2.24, 2.45) is 0 Å². The van der Waals surface area contributed by atoms with Gasteiger partial charge >= 0.3 is 0 Å². The largest absolute Gasteiger partial charge is 0.393 e. The summed E-state index contributed by atoms with van der Waals surface area (Å²) in [5, 5.41) is 12.6. The Morgan fingerprint density at radius 3 is 2.75 bits per heavy atom. The number of hydrogen-bond donors (Lipinski definition) is 2. The highest BCUT2D eigenvalue weighted by Gasteiger charge is 2.28. The Balaban J connectivity index is 2.03. The Bertz CT molecular complexity index is 413. The first-order chi connectivity index (χ1) is 7.56. The molecule has 2 N–H and O–H groups in total. The molecule has 0 saturated heterocycles. The fourth-order valence-electron chi connectivity index (χ4n) is 1.85. The number of aliphatic hydroxyl groups excluding tert-OH is 1. The van der Waals surface area contributed by atoms with E-state index in [0.717, 1.165) is 5.56 Å². The van der Waals surface area contributed by atoms with Crippen LogP contribution in [0, 0.1) is 6.92 Å². The van der Waals surface area contributed by atoms with Gasteiger partial charge in [0.1, 0.15) is 0 Å². The summed E-state index contributed by atoms with van der Waals surface area (Å²) in [6.07, 6.45) is 1.05. The second kappa shape index (κ2) is 4.44. The van der Waals surface area contributed by atoms with Gasteiger partial charge in [-0.3, -0.25) is 4.79 Å². The molecule has 16 heavy (non-hydrogen) atoms. The van der Waals surface area contributed by atoms with E-state index in [0.29, 0.717) is 23.4 Å². The van der Waals surface area contributed by atoms with E-state index in [-0.39, 0.29) is 18.1 Å². The maximum atomic E-state index is 11.9. The van der Waals surface area contributed by atoms with Crippen LogP contribution in [0.4, 0.5) is 0 Å². The van der Waals surface area contributed by atoms with Crippen molar-refractivity contribution < 1.29 is 9.90 Å². The molecule has 2 rings (SSSR count). The Hall–Kier alpha value is -1.06. The van der Waals surface area contributed by atoms with Crippen LogP contribution in [0.25, 0.3) is 0 Å². The summed E-state index contributed by atoms with van der Waals surface area (Å²) in [5.41, 5.74) is 1.51. The van der Waals surface area contributed by atoms with Crippen molar-refractivity contribution in [1.82, 2.24) is 5.32 Å². The van der Waals surface area contributed by atoms with Crippen LogP contribution >= 0.6 is 11.6 Å². The summed E-state index contributed by atoms with van der Waals surface area (Å²) in [6.45, 7) is 1.86. The first-order valence-electron chi connectivity index (χ1n) is 5.31.